The number of nitriles is 1. The van der Waals surface area contributed by atoms with Crippen molar-refractivity contribution in [2.45, 2.75) is 17.9 Å². The summed E-state index contributed by atoms with van der Waals surface area (Å²) in [6, 6.07) is 14.2. The molecule has 4 nitrogen and oxygen atoms in total. The summed E-state index contributed by atoms with van der Waals surface area (Å²) in [5.74, 6) is 0. The topological polar surface area (TPSA) is 70.0 Å². The van der Waals surface area contributed by atoms with E-state index in [0.717, 1.165) is 5.56 Å². The van der Waals surface area contributed by atoms with Gasteiger partial charge >= 0.3 is 0 Å². The molecule has 0 bridgehead atoms. The lowest BCUT2D eigenvalue weighted by molar-refractivity contribution is 0.575. The van der Waals surface area contributed by atoms with Gasteiger partial charge in [-0.3, -0.25) is 0 Å². The van der Waals surface area contributed by atoms with E-state index in [4.69, 9.17) is 11.6 Å². The minimum absolute atomic E-state index is 0.0426. The van der Waals surface area contributed by atoms with Gasteiger partial charge in [0.1, 0.15) is 10.9 Å². The molecular weight excluding hydrogens is 308 g/mol. The van der Waals surface area contributed by atoms with E-state index in [-0.39, 0.29) is 9.92 Å². The minimum Gasteiger partial charge on any atom is -0.207 e. The number of halogens is 1. The normalized spacial score (nSPS) is 12.6. The van der Waals surface area contributed by atoms with Crippen molar-refractivity contribution in [3.8, 4) is 6.07 Å². The Balaban J connectivity index is 2.33. The summed E-state index contributed by atoms with van der Waals surface area (Å²) in [4.78, 5) is -0.0426. The third-order valence-corrected chi connectivity index (χ3v) is 4.86. The van der Waals surface area contributed by atoms with Crippen LogP contribution in [-0.4, -0.2) is 8.42 Å². The molecule has 0 heterocycles. The minimum atomic E-state index is -3.86. The van der Waals surface area contributed by atoms with Crippen LogP contribution in [0.3, 0.4) is 0 Å². The van der Waals surface area contributed by atoms with Crippen LogP contribution >= 0.6 is 11.6 Å². The van der Waals surface area contributed by atoms with Gasteiger partial charge in [0.15, 0.2) is 0 Å². The van der Waals surface area contributed by atoms with E-state index in [2.05, 4.69) is 4.72 Å². The first-order chi connectivity index (χ1) is 9.94. The van der Waals surface area contributed by atoms with Gasteiger partial charge < -0.3 is 0 Å². The van der Waals surface area contributed by atoms with Gasteiger partial charge in [-0.1, -0.05) is 53.6 Å². The van der Waals surface area contributed by atoms with Crippen molar-refractivity contribution in [3.63, 3.8) is 0 Å². The van der Waals surface area contributed by atoms with E-state index >= 15 is 0 Å². The summed E-state index contributed by atoms with van der Waals surface area (Å²) in [6.45, 7) is 1.92. The molecule has 21 heavy (non-hydrogen) atoms. The highest BCUT2D eigenvalue weighted by Crippen LogP contribution is 2.23. The average molecular weight is 321 g/mol. The number of hydrogen-bond acceptors (Lipinski definition) is 3. The number of sulfonamides is 1. The van der Waals surface area contributed by atoms with Crippen LogP contribution in [0.1, 0.15) is 17.2 Å². The van der Waals surface area contributed by atoms with Crippen molar-refractivity contribution in [3.05, 3.63) is 64.7 Å². The van der Waals surface area contributed by atoms with Gasteiger partial charge in [0.05, 0.1) is 11.1 Å². The molecule has 0 amide bonds. The van der Waals surface area contributed by atoms with Crippen LogP contribution in [0.15, 0.2) is 53.4 Å². The maximum atomic E-state index is 12.3. The first kappa shape index (κ1) is 15.5. The molecule has 0 aromatic heterocycles. The number of benzene rings is 2. The fraction of sp³-hybridized carbons (Fsp3) is 0.133. The van der Waals surface area contributed by atoms with Crippen LogP contribution in [-0.2, 0) is 10.0 Å². The summed E-state index contributed by atoms with van der Waals surface area (Å²) in [5.41, 5.74) is 1.61. The van der Waals surface area contributed by atoms with Gasteiger partial charge in [0, 0.05) is 0 Å². The number of aryl methyl sites for hydroxylation is 1. The van der Waals surface area contributed by atoms with Crippen LogP contribution in [0.2, 0.25) is 5.02 Å². The molecule has 1 atom stereocenters. The molecule has 0 aliphatic heterocycles. The predicted octanol–water partition coefficient (Wildman–Crippen LogP) is 3.19. The van der Waals surface area contributed by atoms with E-state index < -0.39 is 16.1 Å². The molecule has 1 N–H and O–H groups in total. The third-order valence-electron chi connectivity index (χ3n) is 2.94. The quantitative estimate of drug-likeness (QED) is 0.940. The summed E-state index contributed by atoms with van der Waals surface area (Å²) in [6.07, 6.45) is 0. The second kappa shape index (κ2) is 6.27. The predicted molar refractivity (Wildman–Crippen MR) is 81.3 cm³/mol. The molecule has 2 aromatic rings. The molecule has 0 aliphatic rings. The molecule has 6 heteroatoms. The standard InChI is InChI=1S/C15H13ClN2O2S/c1-11-6-8-12(9-7-11)14(10-17)18-21(19,20)15-5-3-2-4-13(15)16/h2-9,14,18H,1H3. The van der Waals surface area contributed by atoms with Gasteiger partial charge in [0.2, 0.25) is 10.0 Å². The van der Waals surface area contributed by atoms with E-state index in [1.807, 2.05) is 25.1 Å². The molecule has 0 fully saturated rings. The summed E-state index contributed by atoms with van der Waals surface area (Å²) in [7, 11) is -3.86. The zero-order valence-corrected chi connectivity index (χ0v) is 12.8. The maximum Gasteiger partial charge on any atom is 0.243 e. The van der Waals surface area contributed by atoms with Crippen LogP contribution in [0.4, 0.5) is 0 Å². The summed E-state index contributed by atoms with van der Waals surface area (Å²) >= 11 is 5.90. The van der Waals surface area contributed by atoms with Gasteiger partial charge in [-0.2, -0.15) is 9.98 Å². The molecular formula is C15H13ClN2O2S. The van der Waals surface area contributed by atoms with Crippen molar-refractivity contribution < 1.29 is 8.42 Å². The summed E-state index contributed by atoms with van der Waals surface area (Å²) < 4.78 is 27.0. The van der Waals surface area contributed by atoms with Crippen LogP contribution in [0, 0.1) is 18.3 Å². The van der Waals surface area contributed by atoms with Crippen molar-refractivity contribution in [1.82, 2.24) is 4.72 Å². The van der Waals surface area contributed by atoms with Gasteiger partial charge in [-0.15, -0.1) is 0 Å². The Hall–Kier alpha value is -1.87. The van der Waals surface area contributed by atoms with Gasteiger partial charge in [0.25, 0.3) is 0 Å². The maximum absolute atomic E-state index is 12.3. The first-order valence-electron chi connectivity index (χ1n) is 6.17. The molecule has 2 aromatic carbocycles. The van der Waals surface area contributed by atoms with Crippen LogP contribution in [0.5, 0.6) is 0 Å². The first-order valence-corrected chi connectivity index (χ1v) is 8.03. The highest BCUT2D eigenvalue weighted by molar-refractivity contribution is 7.89. The number of nitrogens with zero attached hydrogens (tertiary/aromatic N) is 1. The Morgan fingerprint density at radius 3 is 2.33 bits per heavy atom. The molecule has 108 valence electrons. The Morgan fingerprint density at radius 1 is 1.14 bits per heavy atom. The number of nitrogens with one attached hydrogen (secondary N) is 1. The fourth-order valence-electron chi connectivity index (χ4n) is 1.81. The highest BCUT2D eigenvalue weighted by atomic mass is 35.5. The van der Waals surface area contributed by atoms with E-state index in [1.165, 1.54) is 12.1 Å². The second-order valence-electron chi connectivity index (χ2n) is 4.52. The van der Waals surface area contributed by atoms with E-state index in [1.54, 1.807) is 24.3 Å². The monoisotopic (exact) mass is 320 g/mol. The average Bonchev–Trinajstić information content (AvgIpc) is 2.46. The Kier molecular flexibility index (Phi) is 4.63. The van der Waals surface area contributed by atoms with Crippen molar-refractivity contribution in [1.29, 1.82) is 5.26 Å². The molecule has 2 rings (SSSR count). The third kappa shape index (κ3) is 3.61. The van der Waals surface area contributed by atoms with Crippen molar-refractivity contribution in [2.75, 3.05) is 0 Å². The number of rotatable bonds is 4. The van der Waals surface area contributed by atoms with Gasteiger partial charge in [-0.05, 0) is 24.6 Å². The Bertz CT molecular complexity index is 780. The molecule has 0 spiro atoms. The van der Waals surface area contributed by atoms with Crippen LogP contribution in [0.25, 0.3) is 0 Å². The largest absolute Gasteiger partial charge is 0.243 e. The molecule has 0 radical (unpaired) electrons. The van der Waals surface area contributed by atoms with Crippen molar-refractivity contribution >= 4 is 21.6 Å². The molecule has 0 aliphatic carbocycles. The highest BCUT2D eigenvalue weighted by Gasteiger charge is 2.23. The molecule has 0 saturated carbocycles. The zero-order valence-electron chi connectivity index (χ0n) is 11.2. The molecule has 1 unspecified atom stereocenters. The van der Waals surface area contributed by atoms with Crippen LogP contribution < -0.4 is 4.72 Å². The Labute approximate surface area is 129 Å². The second-order valence-corrected chi connectivity index (χ2v) is 6.61. The Morgan fingerprint density at radius 2 is 1.76 bits per heavy atom. The smallest absolute Gasteiger partial charge is 0.207 e. The lowest BCUT2D eigenvalue weighted by atomic mass is 10.1. The van der Waals surface area contributed by atoms with E-state index in [0.29, 0.717) is 5.56 Å². The SMILES string of the molecule is Cc1ccc(C(C#N)NS(=O)(=O)c2ccccc2Cl)cc1. The molecule has 0 saturated heterocycles. The zero-order chi connectivity index (χ0) is 15.5. The lowest BCUT2D eigenvalue weighted by Gasteiger charge is -2.13. The van der Waals surface area contributed by atoms with Gasteiger partial charge in [-0.25, -0.2) is 8.42 Å². The fourth-order valence-corrected chi connectivity index (χ4v) is 3.46. The number of hydrogen-bond donors (Lipinski definition) is 1. The summed E-state index contributed by atoms with van der Waals surface area (Å²) in [5, 5.41) is 9.33. The van der Waals surface area contributed by atoms with E-state index in [9.17, 15) is 13.7 Å². The van der Waals surface area contributed by atoms with Crippen molar-refractivity contribution in [2.24, 2.45) is 0 Å². The lowest BCUT2D eigenvalue weighted by Crippen LogP contribution is -2.28.